The van der Waals surface area contributed by atoms with Gasteiger partial charge >= 0.3 is 5.97 Å². The maximum Gasteiger partial charge on any atom is 0.339 e. The van der Waals surface area contributed by atoms with Gasteiger partial charge in [0.15, 0.2) is 0 Å². The average Bonchev–Trinajstić information content (AvgIpc) is 2.86. The van der Waals surface area contributed by atoms with E-state index in [-0.39, 0.29) is 12.0 Å². The monoisotopic (exact) mass is 290 g/mol. The van der Waals surface area contributed by atoms with Crippen LogP contribution < -0.4 is 5.32 Å². The molecule has 20 heavy (non-hydrogen) atoms. The normalized spacial score (nSPS) is 12.0. The van der Waals surface area contributed by atoms with Crippen molar-refractivity contribution in [1.82, 2.24) is 4.98 Å². The zero-order valence-electron chi connectivity index (χ0n) is 12.1. The smallest absolute Gasteiger partial charge is 0.339 e. The summed E-state index contributed by atoms with van der Waals surface area (Å²) >= 11 is 1.62. The van der Waals surface area contributed by atoms with E-state index < -0.39 is 0 Å². The van der Waals surface area contributed by atoms with E-state index in [4.69, 9.17) is 4.74 Å². The highest BCUT2D eigenvalue weighted by molar-refractivity contribution is 7.09. The predicted octanol–water partition coefficient (Wildman–Crippen LogP) is 3.72. The van der Waals surface area contributed by atoms with E-state index in [0.29, 0.717) is 5.56 Å². The highest BCUT2D eigenvalue weighted by Crippen LogP contribution is 2.25. The number of rotatable bonds is 4. The first kappa shape index (κ1) is 14.5. The van der Waals surface area contributed by atoms with Crippen molar-refractivity contribution in [1.29, 1.82) is 0 Å². The molecule has 1 N–H and O–H groups in total. The Labute approximate surface area is 122 Å². The van der Waals surface area contributed by atoms with Gasteiger partial charge in [-0.2, -0.15) is 0 Å². The van der Waals surface area contributed by atoms with E-state index in [1.807, 2.05) is 44.4 Å². The summed E-state index contributed by atoms with van der Waals surface area (Å²) in [5, 5.41) is 6.39. The fourth-order valence-corrected chi connectivity index (χ4v) is 2.66. The van der Waals surface area contributed by atoms with Crippen molar-refractivity contribution in [2.24, 2.45) is 0 Å². The van der Waals surface area contributed by atoms with E-state index in [9.17, 15) is 4.79 Å². The first-order chi connectivity index (χ1) is 9.51. The van der Waals surface area contributed by atoms with Gasteiger partial charge in [-0.15, -0.1) is 11.3 Å². The molecule has 4 nitrogen and oxygen atoms in total. The number of benzene rings is 1. The van der Waals surface area contributed by atoms with Crippen LogP contribution in [0, 0.1) is 13.8 Å². The molecule has 0 saturated heterocycles. The molecule has 0 saturated carbocycles. The summed E-state index contributed by atoms with van der Waals surface area (Å²) in [6.45, 7) is 5.95. The van der Waals surface area contributed by atoms with E-state index in [1.165, 1.54) is 7.11 Å². The van der Waals surface area contributed by atoms with Crippen molar-refractivity contribution in [3.63, 3.8) is 0 Å². The van der Waals surface area contributed by atoms with Crippen LogP contribution in [0.4, 0.5) is 5.69 Å². The summed E-state index contributed by atoms with van der Waals surface area (Å²) in [4.78, 5) is 16.3. The largest absolute Gasteiger partial charge is 0.465 e. The third kappa shape index (κ3) is 3.17. The molecule has 1 aromatic heterocycles. The summed E-state index contributed by atoms with van der Waals surface area (Å²) in [5.41, 5.74) is 3.31. The Balaban J connectivity index is 2.26. The molecule has 1 aromatic carbocycles. The van der Waals surface area contributed by atoms with Crippen LogP contribution in [-0.4, -0.2) is 18.1 Å². The molecule has 1 unspecified atom stereocenters. The molecule has 0 fully saturated rings. The minimum atomic E-state index is -0.335. The molecule has 1 atom stereocenters. The maximum atomic E-state index is 11.8. The SMILES string of the molecule is COC(=O)c1cc(C)ccc1NC(C)c1csc(C)n1. The second kappa shape index (κ2) is 6.05. The summed E-state index contributed by atoms with van der Waals surface area (Å²) in [6, 6.07) is 5.73. The fourth-order valence-electron chi connectivity index (χ4n) is 1.95. The number of aryl methyl sites for hydroxylation is 2. The summed E-state index contributed by atoms with van der Waals surface area (Å²) in [5.74, 6) is -0.335. The topological polar surface area (TPSA) is 51.2 Å². The molecule has 0 spiro atoms. The highest BCUT2D eigenvalue weighted by Gasteiger charge is 2.15. The van der Waals surface area contributed by atoms with Crippen LogP contribution in [0.5, 0.6) is 0 Å². The van der Waals surface area contributed by atoms with Gasteiger partial charge in [-0.25, -0.2) is 9.78 Å². The van der Waals surface area contributed by atoms with Gasteiger partial charge in [0.1, 0.15) is 0 Å². The molecule has 1 heterocycles. The summed E-state index contributed by atoms with van der Waals surface area (Å²) in [6.07, 6.45) is 0. The van der Waals surface area contributed by atoms with Gasteiger partial charge in [-0.05, 0) is 32.9 Å². The van der Waals surface area contributed by atoms with Gasteiger partial charge in [0, 0.05) is 11.1 Å². The molecule has 106 valence electrons. The van der Waals surface area contributed by atoms with Crippen molar-refractivity contribution >= 4 is 23.0 Å². The Bertz CT molecular complexity index is 622. The number of carbonyl (C=O) groups excluding carboxylic acids is 1. The number of esters is 1. The van der Waals surface area contributed by atoms with Crippen LogP contribution in [0.15, 0.2) is 23.6 Å². The van der Waals surface area contributed by atoms with E-state index in [1.54, 1.807) is 11.3 Å². The Kier molecular flexibility index (Phi) is 4.39. The lowest BCUT2D eigenvalue weighted by atomic mass is 10.1. The predicted molar refractivity (Wildman–Crippen MR) is 81.4 cm³/mol. The van der Waals surface area contributed by atoms with Gasteiger partial charge in [0.25, 0.3) is 0 Å². The number of carbonyl (C=O) groups is 1. The Morgan fingerprint density at radius 3 is 2.75 bits per heavy atom. The maximum absolute atomic E-state index is 11.8. The van der Waals surface area contributed by atoms with Gasteiger partial charge in [0.05, 0.1) is 29.4 Å². The molecule has 5 heteroatoms. The molecule has 2 aromatic rings. The minimum absolute atomic E-state index is 0.0334. The van der Waals surface area contributed by atoms with Crippen LogP contribution in [0.25, 0.3) is 0 Å². The first-order valence-electron chi connectivity index (χ1n) is 6.38. The van der Waals surface area contributed by atoms with Crippen LogP contribution in [0.1, 0.15) is 39.6 Å². The molecular weight excluding hydrogens is 272 g/mol. The quantitative estimate of drug-likeness (QED) is 0.872. The molecule has 0 aliphatic carbocycles. The number of methoxy groups -OCH3 is 1. The standard InChI is InChI=1S/C15H18N2O2S/c1-9-5-6-13(12(7-9)15(18)19-4)16-10(2)14-8-20-11(3)17-14/h5-8,10,16H,1-4H3. The number of thiazole rings is 1. The van der Waals surface area contributed by atoms with Crippen molar-refractivity contribution < 1.29 is 9.53 Å². The number of aromatic nitrogens is 1. The Hall–Kier alpha value is -1.88. The van der Waals surface area contributed by atoms with Crippen molar-refractivity contribution in [3.05, 3.63) is 45.4 Å². The number of nitrogens with zero attached hydrogens (tertiary/aromatic N) is 1. The number of nitrogens with one attached hydrogen (secondary N) is 1. The van der Waals surface area contributed by atoms with Crippen molar-refractivity contribution in [3.8, 4) is 0 Å². The van der Waals surface area contributed by atoms with Crippen molar-refractivity contribution in [2.75, 3.05) is 12.4 Å². The zero-order valence-corrected chi connectivity index (χ0v) is 12.9. The first-order valence-corrected chi connectivity index (χ1v) is 7.26. The number of ether oxygens (including phenoxy) is 1. The lowest BCUT2D eigenvalue weighted by Crippen LogP contribution is -2.12. The second-order valence-corrected chi connectivity index (χ2v) is 5.76. The molecule has 2 rings (SSSR count). The molecule has 0 aliphatic rings. The number of hydrogen-bond donors (Lipinski definition) is 1. The van der Waals surface area contributed by atoms with Gasteiger partial charge in [0.2, 0.25) is 0 Å². The molecule has 0 bridgehead atoms. The molecule has 0 aliphatic heterocycles. The second-order valence-electron chi connectivity index (χ2n) is 4.70. The van der Waals surface area contributed by atoms with E-state index in [0.717, 1.165) is 22.0 Å². The average molecular weight is 290 g/mol. The third-order valence-electron chi connectivity index (χ3n) is 3.03. The van der Waals surface area contributed by atoms with Crippen LogP contribution in [-0.2, 0) is 4.74 Å². The molecule has 0 radical (unpaired) electrons. The van der Waals surface area contributed by atoms with Gasteiger partial charge in [-0.1, -0.05) is 11.6 Å². The van der Waals surface area contributed by atoms with Crippen LogP contribution in [0.2, 0.25) is 0 Å². The fraction of sp³-hybridized carbons (Fsp3) is 0.333. The van der Waals surface area contributed by atoms with Gasteiger partial charge < -0.3 is 10.1 Å². The Morgan fingerprint density at radius 2 is 2.15 bits per heavy atom. The lowest BCUT2D eigenvalue weighted by Gasteiger charge is -2.16. The van der Waals surface area contributed by atoms with Crippen LogP contribution in [0.3, 0.4) is 0 Å². The van der Waals surface area contributed by atoms with Crippen LogP contribution >= 0.6 is 11.3 Å². The number of anilines is 1. The van der Waals surface area contributed by atoms with Gasteiger partial charge in [-0.3, -0.25) is 0 Å². The summed E-state index contributed by atoms with van der Waals surface area (Å²) < 4.78 is 4.83. The lowest BCUT2D eigenvalue weighted by molar-refractivity contribution is 0.0601. The number of hydrogen-bond acceptors (Lipinski definition) is 5. The molecule has 0 amide bonds. The highest BCUT2D eigenvalue weighted by atomic mass is 32.1. The third-order valence-corrected chi connectivity index (χ3v) is 3.82. The van der Waals surface area contributed by atoms with E-state index in [2.05, 4.69) is 10.3 Å². The van der Waals surface area contributed by atoms with Crippen molar-refractivity contribution in [2.45, 2.75) is 26.8 Å². The summed E-state index contributed by atoms with van der Waals surface area (Å²) in [7, 11) is 1.39. The van der Waals surface area contributed by atoms with E-state index >= 15 is 0 Å². The zero-order chi connectivity index (χ0) is 14.7. The minimum Gasteiger partial charge on any atom is -0.465 e. The molecular formula is C15H18N2O2S. The Morgan fingerprint density at radius 1 is 1.40 bits per heavy atom.